The van der Waals surface area contributed by atoms with Crippen molar-refractivity contribution in [3.8, 4) is 0 Å². The minimum absolute atomic E-state index is 0.159. The lowest BCUT2D eigenvalue weighted by atomic mass is 10.8. The lowest BCUT2D eigenvalue weighted by Crippen LogP contribution is -2.31. The van der Waals surface area contributed by atoms with Gasteiger partial charge in [-0.15, -0.1) is 4.91 Å². The Labute approximate surface area is 95.2 Å². The lowest BCUT2D eigenvalue weighted by molar-refractivity contribution is 0.100. The molecule has 1 amide bonds. The van der Waals surface area contributed by atoms with Gasteiger partial charge in [0.1, 0.15) is 0 Å². The third-order valence-corrected chi connectivity index (χ3v) is 2.12. The van der Waals surface area contributed by atoms with Gasteiger partial charge in [0.2, 0.25) is 9.36 Å². The molecule has 5 nitrogen and oxygen atoms in total. The quantitative estimate of drug-likeness (QED) is 0.441. The highest BCUT2D eigenvalue weighted by molar-refractivity contribution is 6.70. The molecule has 0 aliphatic rings. The molecule has 13 heavy (non-hydrogen) atoms. The Balaban J connectivity index is 4.25. The van der Waals surface area contributed by atoms with Crippen LogP contribution in [0, 0.1) is 4.91 Å². The number of carbonyl (C=O) groups excluding carboxylic acids is 1. The standard InChI is InChI=1S/C4H4Cl4N2O3/c1-10(9-12)3(11)13-2(5)4(6,7)8/h2H,1H3/i1T. The first-order valence-electron chi connectivity index (χ1n) is 3.35. The molecular formula is C4H4Cl4N2O3. The molecule has 0 aliphatic carbocycles. The van der Waals surface area contributed by atoms with Crippen molar-refractivity contribution in [3.63, 3.8) is 0 Å². The van der Waals surface area contributed by atoms with Crippen molar-refractivity contribution in [2.24, 2.45) is 5.29 Å². The molecule has 0 bridgehead atoms. The van der Waals surface area contributed by atoms with Crippen LogP contribution < -0.4 is 0 Å². The molecule has 1 atom stereocenters. The van der Waals surface area contributed by atoms with Gasteiger partial charge < -0.3 is 4.74 Å². The van der Waals surface area contributed by atoms with Gasteiger partial charge in [0.25, 0.3) is 0 Å². The van der Waals surface area contributed by atoms with Gasteiger partial charge in [-0.3, -0.25) is 0 Å². The molecule has 0 rings (SSSR count). The van der Waals surface area contributed by atoms with Gasteiger partial charge in [-0.25, -0.2) is 4.79 Å². The molecule has 0 heterocycles. The molecule has 0 aromatic rings. The Morgan fingerprint density at radius 1 is 1.69 bits per heavy atom. The van der Waals surface area contributed by atoms with Gasteiger partial charge in [-0.05, 0) is 0 Å². The molecule has 0 aromatic carbocycles. The van der Waals surface area contributed by atoms with E-state index in [1.807, 2.05) is 0 Å². The van der Waals surface area contributed by atoms with E-state index in [2.05, 4.69) is 10.0 Å². The maximum Gasteiger partial charge on any atom is 0.434 e. The summed E-state index contributed by atoms with van der Waals surface area (Å²) in [7, 11) is -0.716. The molecular weight excluding hydrogens is 266 g/mol. The minimum atomic E-state index is -2.02. The van der Waals surface area contributed by atoms with Crippen LogP contribution in [0.3, 0.4) is 0 Å². The van der Waals surface area contributed by atoms with Crippen molar-refractivity contribution >= 4 is 52.5 Å². The maximum absolute atomic E-state index is 10.9. The number of rotatable bonds is 2. The zero-order valence-electron chi connectivity index (χ0n) is 6.92. The van der Waals surface area contributed by atoms with Gasteiger partial charge >= 0.3 is 6.09 Å². The van der Waals surface area contributed by atoms with Crippen molar-refractivity contribution < 1.29 is 10.9 Å². The van der Waals surface area contributed by atoms with Crippen LogP contribution in [0.15, 0.2) is 5.29 Å². The fourth-order valence-corrected chi connectivity index (χ4v) is 0.459. The molecule has 0 saturated carbocycles. The predicted molar refractivity (Wildman–Crippen MR) is 50.0 cm³/mol. The summed E-state index contributed by atoms with van der Waals surface area (Å²) in [5.41, 5.74) is -1.57. The van der Waals surface area contributed by atoms with E-state index in [0.29, 0.717) is 0 Å². The maximum atomic E-state index is 10.9. The van der Waals surface area contributed by atoms with E-state index in [1.54, 1.807) is 0 Å². The number of nitrogens with zero attached hydrogens (tertiary/aromatic N) is 2. The van der Waals surface area contributed by atoms with Gasteiger partial charge in [0, 0.05) is 8.39 Å². The Morgan fingerprint density at radius 3 is 2.54 bits per heavy atom. The second kappa shape index (κ2) is 5.05. The van der Waals surface area contributed by atoms with Crippen LogP contribution in [0.1, 0.15) is 1.37 Å². The van der Waals surface area contributed by atoms with Gasteiger partial charge in [0.15, 0.2) is 0 Å². The summed E-state index contributed by atoms with van der Waals surface area (Å²) in [6.07, 6.45) is -1.26. The summed E-state index contributed by atoms with van der Waals surface area (Å²) in [6, 6.07) is 0. The second-order valence-electron chi connectivity index (χ2n) is 1.72. The van der Waals surface area contributed by atoms with Crippen LogP contribution in [-0.4, -0.2) is 27.5 Å². The summed E-state index contributed by atoms with van der Waals surface area (Å²) >= 11 is 21.1. The molecule has 0 aliphatic heterocycles. The summed E-state index contributed by atoms with van der Waals surface area (Å²) in [4.78, 5) is 20.8. The highest BCUT2D eigenvalue weighted by atomic mass is 35.6. The topological polar surface area (TPSA) is 59.0 Å². The van der Waals surface area contributed by atoms with Crippen LogP contribution >= 0.6 is 46.4 Å². The molecule has 1 unspecified atom stereocenters. The average Bonchev–Trinajstić information content (AvgIpc) is 2.04. The first kappa shape index (κ1) is 11.1. The van der Waals surface area contributed by atoms with E-state index in [4.69, 9.17) is 47.8 Å². The average molecular weight is 272 g/mol. The molecule has 0 aromatic heterocycles. The number of amides is 1. The number of carbonyl (C=O) groups is 1. The first-order valence-corrected chi connectivity index (χ1v) is 4.21. The molecule has 76 valence electrons. The third kappa shape index (κ3) is 4.71. The van der Waals surface area contributed by atoms with Crippen molar-refractivity contribution in [2.75, 3.05) is 7.02 Å². The number of nitroso groups, excluding NO2 is 1. The Morgan fingerprint density at radius 2 is 2.23 bits per heavy atom. The van der Waals surface area contributed by atoms with E-state index in [1.165, 1.54) is 0 Å². The van der Waals surface area contributed by atoms with E-state index in [-0.39, 0.29) is 5.01 Å². The Hall–Kier alpha value is 0.0300. The van der Waals surface area contributed by atoms with Crippen LogP contribution in [0.2, 0.25) is 0 Å². The fourth-order valence-electron chi connectivity index (χ4n) is 0.250. The van der Waals surface area contributed by atoms with E-state index < -0.39 is 22.5 Å². The monoisotopic (exact) mass is 270 g/mol. The zero-order chi connectivity index (χ0) is 11.4. The lowest BCUT2D eigenvalue weighted by Gasteiger charge is -2.18. The summed E-state index contributed by atoms with van der Waals surface area (Å²) in [5.74, 6) is 0. The predicted octanol–water partition coefficient (Wildman–Crippen LogP) is 2.67. The molecule has 9 heteroatoms. The minimum Gasteiger partial charge on any atom is -0.424 e. The Kier molecular flexibility index (Phi) is 4.31. The number of hydrogen-bond donors (Lipinski definition) is 0. The Bertz CT molecular complexity index is 223. The smallest absolute Gasteiger partial charge is 0.424 e. The number of halogens is 4. The van der Waals surface area contributed by atoms with Crippen LogP contribution in [0.4, 0.5) is 4.79 Å². The molecule has 0 radical (unpaired) electrons. The summed E-state index contributed by atoms with van der Waals surface area (Å²) in [6.45, 7) is 0. The number of hydrogen-bond acceptors (Lipinski definition) is 4. The van der Waals surface area contributed by atoms with Gasteiger partial charge in [0.05, 0.1) is 5.29 Å². The van der Waals surface area contributed by atoms with Crippen molar-refractivity contribution in [1.82, 2.24) is 5.01 Å². The van der Waals surface area contributed by atoms with Crippen molar-refractivity contribution in [3.05, 3.63) is 4.91 Å². The van der Waals surface area contributed by atoms with Crippen LogP contribution in [-0.2, 0) is 4.74 Å². The molecule has 0 spiro atoms. The van der Waals surface area contributed by atoms with Gasteiger partial charge in [-0.2, -0.15) is 5.01 Å². The SMILES string of the molecule is [3H]CN(N=O)C(=O)OC(Cl)C(Cl)(Cl)Cl. The summed E-state index contributed by atoms with van der Waals surface area (Å²) < 4.78 is 8.96. The number of alkyl halides is 4. The largest absolute Gasteiger partial charge is 0.434 e. The van der Waals surface area contributed by atoms with E-state index >= 15 is 0 Å². The molecule has 0 N–H and O–H groups in total. The molecule has 0 saturated heterocycles. The van der Waals surface area contributed by atoms with Gasteiger partial charge in [-0.1, -0.05) is 46.4 Å². The van der Waals surface area contributed by atoms with Crippen molar-refractivity contribution in [1.29, 1.82) is 0 Å². The first-order chi connectivity index (χ1) is 6.32. The van der Waals surface area contributed by atoms with Crippen molar-refractivity contribution in [2.45, 2.75) is 9.36 Å². The highest BCUT2D eigenvalue weighted by Crippen LogP contribution is 2.34. The second-order valence-corrected chi connectivity index (χ2v) is 4.49. The van der Waals surface area contributed by atoms with E-state index in [0.717, 1.165) is 0 Å². The third-order valence-electron chi connectivity index (χ3n) is 0.771. The zero-order valence-corrected chi connectivity index (χ0v) is 8.94. The highest BCUT2D eigenvalue weighted by Gasteiger charge is 2.35. The summed E-state index contributed by atoms with van der Waals surface area (Å²) in [5, 5.41) is 2.33. The fraction of sp³-hybridized carbons (Fsp3) is 0.750. The molecule has 0 fully saturated rings. The van der Waals surface area contributed by atoms with Crippen LogP contribution in [0.5, 0.6) is 0 Å². The van der Waals surface area contributed by atoms with E-state index in [9.17, 15) is 9.70 Å². The normalized spacial score (nSPS) is 14.3. The van der Waals surface area contributed by atoms with Crippen LogP contribution in [0.25, 0.3) is 0 Å². The number of ether oxygens (including phenoxy) is 1.